The van der Waals surface area contributed by atoms with Gasteiger partial charge in [0, 0.05) is 18.7 Å². The van der Waals surface area contributed by atoms with Crippen molar-refractivity contribution in [2.75, 3.05) is 19.7 Å². The summed E-state index contributed by atoms with van der Waals surface area (Å²) in [4.78, 5) is 27.6. The number of hydrogen-bond donors (Lipinski definition) is 1. The summed E-state index contributed by atoms with van der Waals surface area (Å²) in [5, 5.41) is 2.95. The van der Waals surface area contributed by atoms with Gasteiger partial charge in [0.15, 0.2) is 0 Å². The van der Waals surface area contributed by atoms with Gasteiger partial charge in [-0.15, -0.1) is 0 Å². The summed E-state index contributed by atoms with van der Waals surface area (Å²) in [5.74, 6) is 0.834. The maximum Gasteiger partial charge on any atom is 0.242 e. The number of hydrogen-bond acceptors (Lipinski definition) is 3. The first-order chi connectivity index (χ1) is 11.9. The van der Waals surface area contributed by atoms with Crippen molar-refractivity contribution >= 4 is 11.8 Å². The average Bonchev–Trinajstić information content (AvgIpc) is 2.86. The van der Waals surface area contributed by atoms with E-state index in [1.165, 1.54) is 5.56 Å². The summed E-state index contributed by atoms with van der Waals surface area (Å²) in [6.07, 6.45) is 1.48. The van der Waals surface area contributed by atoms with Gasteiger partial charge in [0.1, 0.15) is 24.3 Å². The Labute approximate surface area is 149 Å². The SMILES string of the molecule is Cc1cc2c(cc1C)C(C(=O)N1CCCNC(=O)C1CC(C)C)CO2. The number of carbonyl (C=O) groups is 2. The predicted molar refractivity (Wildman–Crippen MR) is 96.7 cm³/mol. The fourth-order valence-corrected chi connectivity index (χ4v) is 3.70. The van der Waals surface area contributed by atoms with E-state index in [-0.39, 0.29) is 23.8 Å². The highest BCUT2D eigenvalue weighted by Crippen LogP contribution is 2.37. The molecule has 2 heterocycles. The third kappa shape index (κ3) is 3.51. The number of nitrogens with zero attached hydrogens (tertiary/aromatic N) is 1. The Morgan fingerprint density at radius 3 is 2.76 bits per heavy atom. The van der Waals surface area contributed by atoms with Gasteiger partial charge in [0.05, 0.1) is 0 Å². The molecule has 2 unspecified atom stereocenters. The quantitative estimate of drug-likeness (QED) is 0.917. The summed E-state index contributed by atoms with van der Waals surface area (Å²) < 4.78 is 5.79. The summed E-state index contributed by atoms with van der Waals surface area (Å²) in [5.41, 5.74) is 3.29. The monoisotopic (exact) mass is 344 g/mol. The highest BCUT2D eigenvalue weighted by molar-refractivity contribution is 5.92. The maximum absolute atomic E-state index is 13.3. The van der Waals surface area contributed by atoms with Crippen molar-refractivity contribution in [2.45, 2.75) is 52.5 Å². The van der Waals surface area contributed by atoms with Crippen molar-refractivity contribution < 1.29 is 14.3 Å². The molecule has 5 nitrogen and oxygen atoms in total. The van der Waals surface area contributed by atoms with E-state index in [0.29, 0.717) is 32.0 Å². The summed E-state index contributed by atoms with van der Waals surface area (Å²) in [6, 6.07) is 3.69. The van der Waals surface area contributed by atoms with Crippen LogP contribution in [-0.4, -0.2) is 42.5 Å². The molecule has 0 bridgehead atoms. The molecule has 2 amide bonds. The lowest BCUT2D eigenvalue weighted by Gasteiger charge is -2.31. The largest absolute Gasteiger partial charge is 0.492 e. The molecule has 0 radical (unpaired) electrons. The topological polar surface area (TPSA) is 58.6 Å². The van der Waals surface area contributed by atoms with E-state index in [0.717, 1.165) is 23.3 Å². The van der Waals surface area contributed by atoms with E-state index < -0.39 is 0 Å². The molecule has 5 heteroatoms. The minimum Gasteiger partial charge on any atom is -0.492 e. The molecule has 1 saturated heterocycles. The standard InChI is InChI=1S/C20H28N2O3/c1-12(2)8-17-19(23)21-6-5-7-22(17)20(24)16-11-25-18-10-14(4)13(3)9-15(16)18/h9-10,12,16-17H,5-8,11H2,1-4H3,(H,21,23). The van der Waals surface area contributed by atoms with Crippen molar-refractivity contribution in [3.63, 3.8) is 0 Å². The van der Waals surface area contributed by atoms with Gasteiger partial charge in [-0.25, -0.2) is 0 Å². The fourth-order valence-electron chi connectivity index (χ4n) is 3.70. The molecule has 3 rings (SSSR count). The molecule has 0 saturated carbocycles. The Morgan fingerprint density at radius 1 is 1.32 bits per heavy atom. The lowest BCUT2D eigenvalue weighted by molar-refractivity contribution is -0.141. The smallest absolute Gasteiger partial charge is 0.242 e. The van der Waals surface area contributed by atoms with E-state index in [4.69, 9.17) is 4.74 Å². The summed E-state index contributed by atoms with van der Waals surface area (Å²) in [6.45, 7) is 9.88. The van der Waals surface area contributed by atoms with Crippen molar-refractivity contribution in [3.05, 3.63) is 28.8 Å². The molecule has 2 atom stereocenters. The number of fused-ring (bicyclic) bond motifs is 1. The van der Waals surface area contributed by atoms with E-state index in [9.17, 15) is 9.59 Å². The summed E-state index contributed by atoms with van der Waals surface area (Å²) in [7, 11) is 0. The van der Waals surface area contributed by atoms with Crippen molar-refractivity contribution in [2.24, 2.45) is 5.92 Å². The van der Waals surface area contributed by atoms with Crippen LogP contribution in [-0.2, 0) is 9.59 Å². The third-order valence-corrected chi connectivity index (χ3v) is 5.24. The van der Waals surface area contributed by atoms with Gasteiger partial charge >= 0.3 is 0 Å². The van der Waals surface area contributed by atoms with Gasteiger partial charge < -0.3 is 15.0 Å². The van der Waals surface area contributed by atoms with Gasteiger partial charge in [-0.05, 0) is 49.8 Å². The predicted octanol–water partition coefficient (Wildman–Crippen LogP) is 2.54. The highest BCUT2D eigenvalue weighted by atomic mass is 16.5. The number of amides is 2. The average molecular weight is 344 g/mol. The Morgan fingerprint density at radius 2 is 2.04 bits per heavy atom. The van der Waals surface area contributed by atoms with E-state index in [1.54, 1.807) is 4.90 Å². The van der Waals surface area contributed by atoms with Crippen LogP contribution in [0.2, 0.25) is 0 Å². The molecule has 1 aromatic rings. The van der Waals surface area contributed by atoms with Crippen LogP contribution < -0.4 is 10.1 Å². The van der Waals surface area contributed by atoms with Gasteiger partial charge in [-0.1, -0.05) is 19.9 Å². The van der Waals surface area contributed by atoms with Crippen LogP contribution in [0.25, 0.3) is 0 Å². The number of benzene rings is 1. The molecule has 0 aromatic heterocycles. The van der Waals surface area contributed by atoms with Crippen LogP contribution in [0.4, 0.5) is 0 Å². The van der Waals surface area contributed by atoms with E-state index in [1.807, 2.05) is 13.0 Å². The third-order valence-electron chi connectivity index (χ3n) is 5.24. The lowest BCUT2D eigenvalue weighted by atomic mass is 9.94. The molecule has 2 aliphatic heterocycles. The second-order valence-electron chi connectivity index (χ2n) is 7.66. The molecular weight excluding hydrogens is 316 g/mol. The zero-order valence-corrected chi connectivity index (χ0v) is 15.6. The van der Waals surface area contributed by atoms with Crippen LogP contribution >= 0.6 is 0 Å². The number of ether oxygens (including phenoxy) is 1. The molecule has 0 spiro atoms. The first-order valence-electron chi connectivity index (χ1n) is 9.20. The number of aryl methyl sites for hydroxylation is 2. The zero-order chi connectivity index (χ0) is 18.1. The maximum atomic E-state index is 13.3. The van der Waals surface area contributed by atoms with Crippen LogP contribution in [0.3, 0.4) is 0 Å². The number of nitrogens with one attached hydrogen (secondary N) is 1. The van der Waals surface area contributed by atoms with Crippen LogP contribution in [0, 0.1) is 19.8 Å². The molecule has 2 aliphatic rings. The van der Waals surface area contributed by atoms with E-state index >= 15 is 0 Å². The van der Waals surface area contributed by atoms with E-state index in [2.05, 4.69) is 32.2 Å². The second kappa shape index (κ2) is 7.06. The molecular formula is C20H28N2O3. The molecule has 1 aromatic carbocycles. The van der Waals surface area contributed by atoms with Crippen LogP contribution in [0.15, 0.2) is 12.1 Å². The van der Waals surface area contributed by atoms with Crippen LogP contribution in [0.1, 0.15) is 49.3 Å². The minimum atomic E-state index is -0.384. The van der Waals surface area contributed by atoms with Gasteiger partial charge in [-0.3, -0.25) is 9.59 Å². The van der Waals surface area contributed by atoms with Crippen molar-refractivity contribution in [1.82, 2.24) is 10.2 Å². The Balaban J connectivity index is 1.89. The van der Waals surface area contributed by atoms with Crippen LogP contribution in [0.5, 0.6) is 5.75 Å². The zero-order valence-electron chi connectivity index (χ0n) is 15.6. The number of carbonyl (C=O) groups excluding carboxylic acids is 2. The number of rotatable bonds is 3. The Hall–Kier alpha value is -2.04. The minimum absolute atomic E-state index is 0.0182. The Bertz CT molecular complexity index is 684. The van der Waals surface area contributed by atoms with Crippen molar-refractivity contribution in [3.8, 4) is 5.75 Å². The van der Waals surface area contributed by atoms with Gasteiger partial charge in [0.25, 0.3) is 0 Å². The summed E-state index contributed by atoms with van der Waals surface area (Å²) >= 11 is 0. The van der Waals surface area contributed by atoms with Crippen molar-refractivity contribution in [1.29, 1.82) is 0 Å². The highest BCUT2D eigenvalue weighted by Gasteiger charge is 2.39. The lowest BCUT2D eigenvalue weighted by Crippen LogP contribution is -2.49. The first kappa shape index (κ1) is 17.8. The van der Waals surface area contributed by atoms with Gasteiger partial charge in [-0.2, -0.15) is 0 Å². The molecule has 0 aliphatic carbocycles. The molecule has 25 heavy (non-hydrogen) atoms. The van der Waals surface area contributed by atoms with Gasteiger partial charge in [0.2, 0.25) is 11.8 Å². The molecule has 1 N–H and O–H groups in total. The fraction of sp³-hybridized carbons (Fsp3) is 0.600. The molecule has 1 fully saturated rings. The second-order valence-corrected chi connectivity index (χ2v) is 7.66. The molecule has 136 valence electrons. The first-order valence-corrected chi connectivity index (χ1v) is 9.20. The Kier molecular flexibility index (Phi) is 5.02. The normalized spacial score (nSPS) is 23.1.